The third-order valence-corrected chi connectivity index (χ3v) is 3.06. The van der Waals surface area contributed by atoms with Crippen LogP contribution < -0.4 is 4.74 Å². The van der Waals surface area contributed by atoms with E-state index in [1.54, 1.807) is 12.5 Å². The van der Waals surface area contributed by atoms with Crippen LogP contribution in [0, 0.1) is 0 Å². The molecular formula is C18H16O2. The van der Waals surface area contributed by atoms with Gasteiger partial charge in [0.05, 0.1) is 12.5 Å². The number of allylic oxidation sites excluding steroid dienone is 1. The summed E-state index contributed by atoms with van der Waals surface area (Å²) < 4.78 is 11.2. The summed E-state index contributed by atoms with van der Waals surface area (Å²) >= 11 is 0. The summed E-state index contributed by atoms with van der Waals surface area (Å²) in [7, 11) is 0. The molecular weight excluding hydrogens is 248 g/mol. The largest absolute Gasteiger partial charge is 0.465 e. The molecule has 2 heteroatoms. The van der Waals surface area contributed by atoms with Gasteiger partial charge in [0, 0.05) is 17.0 Å². The van der Waals surface area contributed by atoms with Crippen molar-refractivity contribution in [1.29, 1.82) is 0 Å². The van der Waals surface area contributed by atoms with Gasteiger partial charge in [0.25, 0.3) is 0 Å². The van der Waals surface area contributed by atoms with Crippen LogP contribution in [0.4, 0.5) is 0 Å². The Hall–Kier alpha value is -2.48. The van der Waals surface area contributed by atoms with Gasteiger partial charge in [-0.1, -0.05) is 30.3 Å². The third kappa shape index (κ3) is 2.45. The van der Waals surface area contributed by atoms with Crippen molar-refractivity contribution in [2.75, 3.05) is 0 Å². The highest BCUT2D eigenvalue weighted by molar-refractivity contribution is 5.94. The number of fused-ring (bicyclic) bond motifs is 1. The average Bonchev–Trinajstić information content (AvgIpc) is 2.89. The SMILES string of the molecule is CC(C)=COc1ccc2c(-c3ccccc3)coc2c1. The number of hydrogen-bond donors (Lipinski definition) is 0. The van der Waals surface area contributed by atoms with Crippen molar-refractivity contribution in [2.45, 2.75) is 13.8 Å². The zero-order chi connectivity index (χ0) is 13.9. The first kappa shape index (κ1) is 12.5. The molecule has 1 heterocycles. The highest BCUT2D eigenvalue weighted by atomic mass is 16.5. The summed E-state index contributed by atoms with van der Waals surface area (Å²) in [6, 6.07) is 16.1. The smallest absolute Gasteiger partial charge is 0.138 e. The number of furan rings is 1. The molecule has 0 unspecified atom stereocenters. The molecule has 0 atom stereocenters. The molecule has 0 radical (unpaired) electrons. The van der Waals surface area contributed by atoms with E-state index >= 15 is 0 Å². The molecule has 3 aromatic rings. The first-order valence-electron chi connectivity index (χ1n) is 6.61. The lowest BCUT2D eigenvalue weighted by Crippen LogP contribution is -1.83. The lowest BCUT2D eigenvalue weighted by Gasteiger charge is -2.01. The highest BCUT2D eigenvalue weighted by Gasteiger charge is 2.08. The van der Waals surface area contributed by atoms with Crippen LogP contribution in [0.3, 0.4) is 0 Å². The fraction of sp³-hybridized carbons (Fsp3) is 0.111. The lowest BCUT2D eigenvalue weighted by atomic mass is 10.1. The van der Waals surface area contributed by atoms with Crippen molar-refractivity contribution in [3.05, 3.63) is 66.6 Å². The lowest BCUT2D eigenvalue weighted by molar-refractivity contribution is 0.475. The molecule has 20 heavy (non-hydrogen) atoms. The minimum Gasteiger partial charge on any atom is -0.465 e. The maximum absolute atomic E-state index is 5.65. The molecule has 0 aliphatic rings. The number of rotatable bonds is 3. The van der Waals surface area contributed by atoms with Crippen LogP contribution in [0.2, 0.25) is 0 Å². The summed E-state index contributed by atoms with van der Waals surface area (Å²) in [5, 5.41) is 1.10. The monoisotopic (exact) mass is 264 g/mol. The van der Waals surface area contributed by atoms with Crippen LogP contribution >= 0.6 is 0 Å². The molecule has 1 aromatic heterocycles. The van der Waals surface area contributed by atoms with Gasteiger partial charge >= 0.3 is 0 Å². The van der Waals surface area contributed by atoms with E-state index in [-0.39, 0.29) is 0 Å². The first-order chi connectivity index (χ1) is 9.74. The van der Waals surface area contributed by atoms with E-state index in [1.807, 2.05) is 50.2 Å². The fourth-order valence-electron chi connectivity index (χ4n) is 2.11. The van der Waals surface area contributed by atoms with Gasteiger partial charge in [-0.05, 0) is 37.1 Å². The molecule has 0 saturated carbocycles. The molecule has 3 rings (SSSR count). The zero-order valence-electron chi connectivity index (χ0n) is 11.6. The molecule has 0 spiro atoms. The Morgan fingerprint density at radius 1 is 1.05 bits per heavy atom. The van der Waals surface area contributed by atoms with Crippen LogP contribution in [0.15, 0.2) is 71.0 Å². The van der Waals surface area contributed by atoms with E-state index in [0.29, 0.717) is 0 Å². The highest BCUT2D eigenvalue weighted by Crippen LogP contribution is 2.32. The van der Waals surface area contributed by atoms with Gasteiger partial charge in [0.2, 0.25) is 0 Å². The minimum absolute atomic E-state index is 0.785. The summed E-state index contributed by atoms with van der Waals surface area (Å²) in [5.41, 5.74) is 4.22. The van der Waals surface area contributed by atoms with E-state index in [2.05, 4.69) is 12.1 Å². The number of hydrogen-bond acceptors (Lipinski definition) is 2. The van der Waals surface area contributed by atoms with E-state index in [0.717, 1.165) is 33.4 Å². The Morgan fingerprint density at radius 3 is 2.60 bits per heavy atom. The predicted molar refractivity (Wildman–Crippen MR) is 81.7 cm³/mol. The average molecular weight is 264 g/mol. The molecule has 2 nitrogen and oxygen atoms in total. The van der Waals surface area contributed by atoms with Crippen LogP contribution in [-0.2, 0) is 0 Å². The second-order valence-corrected chi connectivity index (χ2v) is 4.99. The van der Waals surface area contributed by atoms with E-state index in [4.69, 9.17) is 9.15 Å². The van der Waals surface area contributed by atoms with Gasteiger partial charge in [-0.3, -0.25) is 0 Å². The van der Waals surface area contributed by atoms with Crippen molar-refractivity contribution >= 4 is 11.0 Å². The second kappa shape index (κ2) is 5.25. The van der Waals surface area contributed by atoms with Gasteiger partial charge in [-0.25, -0.2) is 0 Å². The molecule has 0 bridgehead atoms. The quantitative estimate of drug-likeness (QED) is 0.591. The zero-order valence-corrected chi connectivity index (χ0v) is 11.6. The fourth-order valence-corrected chi connectivity index (χ4v) is 2.11. The van der Waals surface area contributed by atoms with Gasteiger partial charge in [-0.2, -0.15) is 0 Å². The minimum atomic E-state index is 0.785. The van der Waals surface area contributed by atoms with E-state index in [9.17, 15) is 0 Å². The Balaban J connectivity index is 2.01. The van der Waals surface area contributed by atoms with Crippen LogP contribution in [0.25, 0.3) is 22.1 Å². The van der Waals surface area contributed by atoms with Crippen molar-refractivity contribution in [1.82, 2.24) is 0 Å². The Bertz CT molecular complexity index is 747. The van der Waals surface area contributed by atoms with E-state index in [1.165, 1.54) is 0 Å². The van der Waals surface area contributed by atoms with Crippen molar-refractivity contribution in [2.24, 2.45) is 0 Å². The number of ether oxygens (including phenoxy) is 1. The molecule has 0 fully saturated rings. The third-order valence-electron chi connectivity index (χ3n) is 3.06. The van der Waals surface area contributed by atoms with Gasteiger partial charge in [-0.15, -0.1) is 0 Å². The normalized spacial score (nSPS) is 10.5. The molecule has 0 aliphatic heterocycles. The van der Waals surface area contributed by atoms with Crippen molar-refractivity contribution < 1.29 is 9.15 Å². The maximum atomic E-state index is 5.65. The number of benzene rings is 2. The molecule has 0 amide bonds. The standard InChI is InChI=1S/C18H16O2/c1-13(2)11-19-15-8-9-16-17(12-20-18(16)10-15)14-6-4-3-5-7-14/h3-12H,1-2H3. The van der Waals surface area contributed by atoms with E-state index < -0.39 is 0 Å². The second-order valence-electron chi connectivity index (χ2n) is 4.99. The molecule has 0 saturated heterocycles. The maximum Gasteiger partial charge on any atom is 0.138 e. The van der Waals surface area contributed by atoms with Gasteiger partial charge in [0.1, 0.15) is 11.3 Å². The van der Waals surface area contributed by atoms with Crippen LogP contribution in [0.1, 0.15) is 13.8 Å². The Labute approximate surface area is 118 Å². The van der Waals surface area contributed by atoms with Crippen molar-refractivity contribution in [3.8, 4) is 16.9 Å². The summed E-state index contributed by atoms with van der Waals surface area (Å²) in [6.45, 7) is 4.00. The predicted octanol–water partition coefficient (Wildman–Crippen LogP) is 5.40. The first-order valence-corrected chi connectivity index (χ1v) is 6.61. The van der Waals surface area contributed by atoms with Crippen LogP contribution in [-0.4, -0.2) is 0 Å². The summed E-state index contributed by atoms with van der Waals surface area (Å²) in [6.07, 6.45) is 3.53. The molecule has 0 aliphatic carbocycles. The molecule has 2 aromatic carbocycles. The van der Waals surface area contributed by atoms with Crippen molar-refractivity contribution in [3.63, 3.8) is 0 Å². The van der Waals surface area contributed by atoms with Gasteiger partial charge < -0.3 is 9.15 Å². The molecule has 100 valence electrons. The summed E-state index contributed by atoms with van der Waals surface area (Å²) in [4.78, 5) is 0. The summed E-state index contributed by atoms with van der Waals surface area (Å²) in [5.74, 6) is 0.785. The topological polar surface area (TPSA) is 22.4 Å². The van der Waals surface area contributed by atoms with Gasteiger partial charge in [0.15, 0.2) is 0 Å². The van der Waals surface area contributed by atoms with Crippen LogP contribution in [0.5, 0.6) is 5.75 Å². The Morgan fingerprint density at radius 2 is 1.85 bits per heavy atom. The molecule has 0 N–H and O–H groups in total. The Kier molecular flexibility index (Phi) is 3.30.